The van der Waals surface area contributed by atoms with Crippen LogP contribution in [-0.4, -0.2) is 5.33 Å². The van der Waals surface area contributed by atoms with Gasteiger partial charge in [-0.05, 0) is 31.9 Å². The van der Waals surface area contributed by atoms with E-state index in [1.807, 2.05) is 11.3 Å². The van der Waals surface area contributed by atoms with E-state index < -0.39 is 0 Å². The molecule has 0 aliphatic rings. The standard InChI is InChI=1S/C8H11BrS/c1-6-5-8(3-4-9)7(2)10-6/h5H,3-4H2,1-2H3. The average molecular weight is 219 g/mol. The third kappa shape index (κ3) is 1.83. The van der Waals surface area contributed by atoms with Crippen molar-refractivity contribution in [3.05, 3.63) is 21.4 Å². The summed E-state index contributed by atoms with van der Waals surface area (Å²) >= 11 is 5.32. The van der Waals surface area contributed by atoms with E-state index in [0.717, 1.165) is 11.8 Å². The molecule has 0 saturated carbocycles. The summed E-state index contributed by atoms with van der Waals surface area (Å²) in [6.07, 6.45) is 1.16. The Balaban J connectivity index is 2.81. The molecule has 0 radical (unpaired) electrons. The van der Waals surface area contributed by atoms with Gasteiger partial charge in [0, 0.05) is 15.1 Å². The maximum atomic E-state index is 3.43. The second kappa shape index (κ2) is 3.54. The molecular weight excluding hydrogens is 208 g/mol. The molecule has 0 aromatic carbocycles. The van der Waals surface area contributed by atoms with Crippen LogP contribution in [0.25, 0.3) is 0 Å². The van der Waals surface area contributed by atoms with Crippen molar-refractivity contribution in [3.63, 3.8) is 0 Å². The Morgan fingerprint density at radius 2 is 2.20 bits per heavy atom. The number of halogens is 1. The molecule has 1 heterocycles. The monoisotopic (exact) mass is 218 g/mol. The summed E-state index contributed by atoms with van der Waals surface area (Å²) in [6.45, 7) is 4.35. The van der Waals surface area contributed by atoms with Crippen LogP contribution in [0.4, 0.5) is 0 Å². The summed E-state index contributed by atoms with van der Waals surface area (Å²) in [4.78, 5) is 2.89. The van der Waals surface area contributed by atoms with Gasteiger partial charge in [0.1, 0.15) is 0 Å². The van der Waals surface area contributed by atoms with E-state index in [1.165, 1.54) is 15.3 Å². The van der Waals surface area contributed by atoms with Crippen LogP contribution in [0.5, 0.6) is 0 Å². The van der Waals surface area contributed by atoms with Crippen LogP contribution >= 0.6 is 27.3 Å². The number of hydrogen-bond acceptors (Lipinski definition) is 1. The predicted molar refractivity (Wildman–Crippen MR) is 51.3 cm³/mol. The lowest BCUT2D eigenvalue weighted by Gasteiger charge is -1.91. The normalized spacial score (nSPS) is 10.3. The minimum absolute atomic E-state index is 1.07. The van der Waals surface area contributed by atoms with Gasteiger partial charge in [-0.2, -0.15) is 0 Å². The molecule has 0 unspecified atom stereocenters. The van der Waals surface area contributed by atoms with E-state index in [-0.39, 0.29) is 0 Å². The molecule has 0 bridgehead atoms. The van der Waals surface area contributed by atoms with Crippen molar-refractivity contribution in [2.75, 3.05) is 5.33 Å². The molecule has 0 amide bonds. The van der Waals surface area contributed by atoms with Crippen LogP contribution in [0.1, 0.15) is 15.3 Å². The molecule has 0 saturated heterocycles. The first-order valence-electron chi connectivity index (χ1n) is 3.36. The van der Waals surface area contributed by atoms with Crippen LogP contribution in [0.15, 0.2) is 6.07 Å². The molecule has 0 N–H and O–H groups in total. The van der Waals surface area contributed by atoms with Gasteiger partial charge in [-0.15, -0.1) is 11.3 Å². The summed E-state index contributed by atoms with van der Waals surface area (Å²) in [7, 11) is 0. The van der Waals surface area contributed by atoms with Crippen molar-refractivity contribution in [2.24, 2.45) is 0 Å². The van der Waals surface area contributed by atoms with Crippen molar-refractivity contribution in [3.8, 4) is 0 Å². The Bertz CT molecular complexity index is 215. The Kier molecular flexibility index (Phi) is 2.93. The van der Waals surface area contributed by atoms with E-state index in [4.69, 9.17) is 0 Å². The van der Waals surface area contributed by atoms with Crippen molar-refractivity contribution in [1.82, 2.24) is 0 Å². The van der Waals surface area contributed by atoms with Gasteiger partial charge in [0.05, 0.1) is 0 Å². The first kappa shape index (κ1) is 8.28. The number of alkyl halides is 1. The SMILES string of the molecule is Cc1cc(CCBr)c(C)s1. The minimum Gasteiger partial charge on any atom is -0.146 e. The van der Waals surface area contributed by atoms with Crippen LogP contribution in [0.3, 0.4) is 0 Å². The van der Waals surface area contributed by atoms with E-state index >= 15 is 0 Å². The molecule has 1 rings (SSSR count). The number of rotatable bonds is 2. The molecule has 0 aliphatic carbocycles. The summed E-state index contributed by atoms with van der Waals surface area (Å²) in [5.74, 6) is 0. The second-order valence-electron chi connectivity index (χ2n) is 2.38. The van der Waals surface area contributed by atoms with Crippen molar-refractivity contribution in [2.45, 2.75) is 20.3 Å². The highest BCUT2D eigenvalue weighted by atomic mass is 79.9. The quantitative estimate of drug-likeness (QED) is 0.669. The van der Waals surface area contributed by atoms with Gasteiger partial charge in [-0.1, -0.05) is 15.9 Å². The number of aryl methyl sites for hydroxylation is 3. The van der Waals surface area contributed by atoms with Crippen LogP contribution in [0, 0.1) is 13.8 Å². The summed E-state index contributed by atoms with van der Waals surface area (Å²) in [5, 5.41) is 1.07. The highest BCUT2D eigenvalue weighted by Gasteiger charge is 2.00. The summed E-state index contributed by atoms with van der Waals surface area (Å²) < 4.78 is 0. The zero-order valence-electron chi connectivity index (χ0n) is 6.28. The summed E-state index contributed by atoms with van der Waals surface area (Å²) in [6, 6.07) is 2.28. The Hall–Kier alpha value is 0.180. The summed E-state index contributed by atoms with van der Waals surface area (Å²) in [5.41, 5.74) is 1.50. The van der Waals surface area contributed by atoms with Crippen LogP contribution in [-0.2, 0) is 6.42 Å². The van der Waals surface area contributed by atoms with Gasteiger partial charge in [0.2, 0.25) is 0 Å². The fraction of sp³-hybridized carbons (Fsp3) is 0.500. The maximum absolute atomic E-state index is 3.43. The highest BCUT2D eigenvalue weighted by molar-refractivity contribution is 9.09. The molecule has 0 atom stereocenters. The number of hydrogen-bond donors (Lipinski definition) is 0. The van der Waals surface area contributed by atoms with E-state index in [9.17, 15) is 0 Å². The van der Waals surface area contributed by atoms with Gasteiger partial charge in [0.25, 0.3) is 0 Å². The molecule has 2 heteroatoms. The Morgan fingerprint density at radius 1 is 1.50 bits per heavy atom. The first-order chi connectivity index (χ1) is 4.74. The Morgan fingerprint density at radius 3 is 2.60 bits per heavy atom. The van der Waals surface area contributed by atoms with E-state index in [2.05, 4.69) is 35.8 Å². The molecular formula is C8H11BrS. The molecule has 1 aromatic rings. The smallest absolute Gasteiger partial charge is 0.00722 e. The zero-order valence-corrected chi connectivity index (χ0v) is 8.68. The molecule has 10 heavy (non-hydrogen) atoms. The van der Waals surface area contributed by atoms with E-state index in [0.29, 0.717) is 0 Å². The fourth-order valence-corrected chi connectivity index (χ4v) is 2.44. The van der Waals surface area contributed by atoms with Gasteiger partial charge >= 0.3 is 0 Å². The van der Waals surface area contributed by atoms with Crippen LogP contribution < -0.4 is 0 Å². The lowest BCUT2D eigenvalue weighted by Crippen LogP contribution is -1.83. The predicted octanol–water partition coefficient (Wildman–Crippen LogP) is 3.30. The third-order valence-corrected chi connectivity index (χ3v) is 2.91. The third-order valence-electron chi connectivity index (χ3n) is 1.51. The molecule has 0 aliphatic heterocycles. The first-order valence-corrected chi connectivity index (χ1v) is 5.29. The van der Waals surface area contributed by atoms with Gasteiger partial charge < -0.3 is 0 Å². The zero-order chi connectivity index (χ0) is 7.56. The largest absolute Gasteiger partial charge is 0.146 e. The van der Waals surface area contributed by atoms with Crippen molar-refractivity contribution in [1.29, 1.82) is 0 Å². The topological polar surface area (TPSA) is 0 Å². The second-order valence-corrected chi connectivity index (χ2v) is 4.63. The highest BCUT2D eigenvalue weighted by Crippen LogP contribution is 2.21. The lowest BCUT2D eigenvalue weighted by atomic mass is 10.2. The molecule has 0 fully saturated rings. The van der Waals surface area contributed by atoms with Crippen molar-refractivity contribution >= 4 is 27.3 Å². The Labute approximate surface area is 74.4 Å². The molecule has 1 aromatic heterocycles. The lowest BCUT2D eigenvalue weighted by molar-refractivity contribution is 1.16. The van der Waals surface area contributed by atoms with Crippen molar-refractivity contribution < 1.29 is 0 Å². The van der Waals surface area contributed by atoms with E-state index in [1.54, 1.807) is 0 Å². The van der Waals surface area contributed by atoms with Gasteiger partial charge in [-0.3, -0.25) is 0 Å². The van der Waals surface area contributed by atoms with Crippen LogP contribution in [0.2, 0.25) is 0 Å². The number of thiophene rings is 1. The molecule has 0 spiro atoms. The molecule has 0 nitrogen and oxygen atoms in total. The van der Waals surface area contributed by atoms with Gasteiger partial charge in [-0.25, -0.2) is 0 Å². The average Bonchev–Trinajstić information content (AvgIpc) is 2.13. The fourth-order valence-electron chi connectivity index (χ4n) is 1.03. The molecule has 56 valence electrons. The minimum atomic E-state index is 1.07. The van der Waals surface area contributed by atoms with Gasteiger partial charge in [0.15, 0.2) is 0 Å². The maximum Gasteiger partial charge on any atom is 0.00722 e.